The van der Waals surface area contributed by atoms with Crippen LogP contribution in [-0.4, -0.2) is 16.1 Å². The van der Waals surface area contributed by atoms with Gasteiger partial charge in [0.1, 0.15) is 0 Å². The molecule has 0 aliphatic carbocycles. The van der Waals surface area contributed by atoms with Gasteiger partial charge in [-0.05, 0) is 12.3 Å². The zero-order valence-electron chi connectivity index (χ0n) is 7.62. The van der Waals surface area contributed by atoms with Gasteiger partial charge in [-0.15, -0.1) is 0 Å². The maximum Gasteiger partial charge on any atom is 0.203 e. The summed E-state index contributed by atoms with van der Waals surface area (Å²) in [4.78, 5) is 4.24. The van der Waals surface area contributed by atoms with E-state index < -0.39 is 0 Å². The Kier molecular flexibility index (Phi) is 1.79. The van der Waals surface area contributed by atoms with Gasteiger partial charge < -0.3 is 9.88 Å². The summed E-state index contributed by atoms with van der Waals surface area (Å²) in [5.41, 5.74) is 0. The number of rotatable bonds is 1. The van der Waals surface area contributed by atoms with Crippen LogP contribution in [0.1, 0.15) is 26.3 Å². The predicted molar refractivity (Wildman–Crippen MR) is 49.2 cm³/mol. The van der Waals surface area contributed by atoms with Crippen molar-refractivity contribution in [3.63, 3.8) is 0 Å². The molecule has 1 aliphatic rings. The van der Waals surface area contributed by atoms with E-state index in [4.69, 9.17) is 0 Å². The minimum absolute atomic E-state index is 0.628. The quantitative estimate of drug-likeness (QED) is 0.688. The molecule has 0 fully saturated rings. The SMILES string of the molecule is CC(C)C1CCNc2nccn21. The van der Waals surface area contributed by atoms with E-state index in [1.165, 1.54) is 6.42 Å². The van der Waals surface area contributed by atoms with Gasteiger partial charge in [-0.1, -0.05) is 13.8 Å². The smallest absolute Gasteiger partial charge is 0.203 e. The molecule has 0 amide bonds. The Bertz CT molecular complexity index is 264. The second-order valence-corrected chi connectivity index (χ2v) is 3.68. The highest BCUT2D eigenvalue weighted by atomic mass is 15.2. The van der Waals surface area contributed by atoms with Crippen molar-refractivity contribution >= 4 is 5.95 Å². The molecule has 12 heavy (non-hydrogen) atoms. The maximum atomic E-state index is 4.24. The van der Waals surface area contributed by atoms with Crippen LogP contribution in [0, 0.1) is 5.92 Å². The molecule has 3 heteroatoms. The molecule has 0 aromatic carbocycles. The van der Waals surface area contributed by atoms with Gasteiger partial charge in [-0.25, -0.2) is 4.98 Å². The van der Waals surface area contributed by atoms with Crippen LogP contribution in [0.2, 0.25) is 0 Å². The third-order valence-corrected chi connectivity index (χ3v) is 2.52. The van der Waals surface area contributed by atoms with E-state index in [0.717, 1.165) is 12.5 Å². The van der Waals surface area contributed by atoms with Crippen LogP contribution in [0.5, 0.6) is 0 Å². The molecule has 0 radical (unpaired) electrons. The molecular weight excluding hydrogens is 150 g/mol. The van der Waals surface area contributed by atoms with E-state index in [1.54, 1.807) is 0 Å². The van der Waals surface area contributed by atoms with Crippen LogP contribution in [0.15, 0.2) is 12.4 Å². The van der Waals surface area contributed by atoms with E-state index in [2.05, 4.69) is 34.9 Å². The van der Waals surface area contributed by atoms with Crippen molar-refractivity contribution in [2.24, 2.45) is 5.92 Å². The number of hydrogen-bond acceptors (Lipinski definition) is 2. The van der Waals surface area contributed by atoms with Crippen LogP contribution < -0.4 is 5.32 Å². The maximum absolute atomic E-state index is 4.24. The highest BCUT2D eigenvalue weighted by Gasteiger charge is 2.21. The molecule has 3 nitrogen and oxygen atoms in total. The molecule has 2 heterocycles. The molecule has 66 valence electrons. The molecule has 2 rings (SSSR count). The van der Waals surface area contributed by atoms with Crippen molar-refractivity contribution in [3.05, 3.63) is 12.4 Å². The summed E-state index contributed by atoms with van der Waals surface area (Å²) in [6.45, 7) is 5.58. The minimum atomic E-state index is 0.628. The fraction of sp³-hybridized carbons (Fsp3) is 0.667. The van der Waals surface area contributed by atoms with Crippen molar-refractivity contribution in [2.45, 2.75) is 26.3 Å². The van der Waals surface area contributed by atoms with E-state index in [0.29, 0.717) is 12.0 Å². The van der Waals surface area contributed by atoms with Crippen LogP contribution >= 0.6 is 0 Å². The van der Waals surface area contributed by atoms with Gasteiger partial charge in [-0.2, -0.15) is 0 Å². The van der Waals surface area contributed by atoms with E-state index in [9.17, 15) is 0 Å². The molecule has 0 saturated carbocycles. The zero-order chi connectivity index (χ0) is 8.55. The molecule has 1 N–H and O–H groups in total. The second kappa shape index (κ2) is 2.81. The summed E-state index contributed by atoms with van der Waals surface area (Å²) in [6, 6.07) is 0.628. The number of nitrogens with zero attached hydrogens (tertiary/aromatic N) is 2. The van der Waals surface area contributed by atoms with Gasteiger partial charge in [0.05, 0.1) is 0 Å². The molecule has 1 aliphatic heterocycles. The predicted octanol–water partition coefficient (Wildman–Crippen LogP) is 1.90. The topological polar surface area (TPSA) is 29.9 Å². The van der Waals surface area contributed by atoms with E-state index >= 15 is 0 Å². The summed E-state index contributed by atoms with van der Waals surface area (Å²) >= 11 is 0. The zero-order valence-corrected chi connectivity index (χ0v) is 7.62. The second-order valence-electron chi connectivity index (χ2n) is 3.68. The molecule has 1 aromatic heterocycles. The van der Waals surface area contributed by atoms with Crippen molar-refractivity contribution < 1.29 is 0 Å². The lowest BCUT2D eigenvalue weighted by Crippen LogP contribution is -2.25. The number of hydrogen-bond donors (Lipinski definition) is 1. The third kappa shape index (κ3) is 1.09. The largest absolute Gasteiger partial charge is 0.356 e. The third-order valence-electron chi connectivity index (χ3n) is 2.52. The van der Waals surface area contributed by atoms with Gasteiger partial charge in [-0.3, -0.25) is 0 Å². The highest BCUT2D eigenvalue weighted by Crippen LogP contribution is 2.28. The molecule has 1 atom stereocenters. The molecule has 0 spiro atoms. The fourth-order valence-corrected chi connectivity index (χ4v) is 1.84. The Hall–Kier alpha value is -0.990. The standard InChI is InChI=1S/C9H15N3/c1-7(2)8-3-4-10-9-11-5-6-12(8)9/h5-8H,3-4H2,1-2H3,(H,10,11). The van der Waals surface area contributed by atoms with Gasteiger partial charge in [0, 0.05) is 25.0 Å². The van der Waals surface area contributed by atoms with Crippen LogP contribution in [0.25, 0.3) is 0 Å². The van der Waals surface area contributed by atoms with Crippen LogP contribution in [0.4, 0.5) is 5.95 Å². The number of imidazole rings is 1. The summed E-state index contributed by atoms with van der Waals surface area (Å²) in [5.74, 6) is 1.72. The Labute approximate surface area is 72.8 Å². The first-order chi connectivity index (χ1) is 5.79. The first-order valence-corrected chi connectivity index (χ1v) is 4.55. The Morgan fingerprint density at radius 1 is 1.67 bits per heavy atom. The molecular formula is C9H15N3. The number of nitrogens with one attached hydrogen (secondary N) is 1. The van der Waals surface area contributed by atoms with E-state index in [-0.39, 0.29) is 0 Å². The average Bonchev–Trinajstić information content (AvgIpc) is 2.49. The molecule has 1 aromatic rings. The van der Waals surface area contributed by atoms with Gasteiger partial charge in [0.15, 0.2) is 0 Å². The lowest BCUT2D eigenvalue weighted by atomic mass is 10.00. The first kappa shape index (κ1) is 7.65. The van der Waals surface area contributed by atoms with Crippen LogP contribution in [-0.2, 0) is 0 Å². The van der Waals surface area contributed by atoms with Gasteiger partial charge in [0.2, 0.25) is 5.95 Å². The lowest BCUT2D eigenvalue weighted by Gasteiger charge is -2.28. The molecule has 1 unspecified atom stereocenters. The number of aromatic nitrogens is 2. The van der Waals surface area contributed by atoms with E-state index in [1.807, 2.05) is 6.20 Å². The Morgan fingerprint density at radius 2 is 2.50 bits per heavy atom. The van der Waals surface area contributed by atoms with Crippen molar-refractivity contribution in [1.82, 2.24) is 9.55 Å². The summed E-state index contributed by atoms with van der Waals surface area (Å²) in [7, 11) is 0. The van der Waals surface area contributed by atoms with Gasteiger partial charge in [0.25, 0.3) is 0 Å². The summed E-state index contributed by atoms with van der Waals surface area (Å²) in [5, 5.41) is 3.28. The minimum Gasteiger partial charge on any atom is -0.356 e. The molecule has 0 bridgehead atoms. The van der Waals surface area contributed by atoms with Crippen LogP contribution in [0.3, 0.4) is 0 Å². The highest BCUT2D eigenvalue weighted by molar-refractivity contribution is 5.28. The Balaban J connectivity index is 2.31. The van der Waals surface area contributed by atoms with Crippen molar-refractivity contribution in [1.29, 1.82) is 0 Å². The number of anilines is 1. The first-order valence-electron chi connectivity index (χ1n) is 4.55. The monoisotopic (exact) mass is 165 g/mol. The fourth-order valence-electron chi connectivity index (χ4n) is 1.84. The van der Waals surface area contributed by atoms with Crippen molar-refractivity contribution in [2.75, 3.05) is 11.9 Å². The summed E-state index contributed by atoms with van der Waals surface area (Å²) < 4.78 is 2.24. The average molecular weight is 165 g/mol. The molecule has 0 saturated heterocycles. The summed E-state index contributed by atoms with van der Waals surface area (Å²) in [6.07, 6.45) is 5.14. The van der Waals surface area contributed by atoms with Gasteiger partial charge >= 0.3 is 0 Å². The Morgan fingerprint density at radius 3 is 3.25 bits per heavy atom. The normalized spacial score (nSPS) is 22.1. The number of fused-ring (bicyclic) bond motifs is 1. The van der Waals surface area contributed by atoms with Crippen molar-refractivity contribution in [3.8, 4) is 0 Å². The lowest BCUT2D eigenvalue weighted by molar-refractivity contribution is 0.350.